The predicted molar refractivity (Wildman–Crippen MR) is 102 cm³/mol. The van der Waals surface area contributed by atoms with E-state index in [-0.39, 0.29) is 5.41 Å². The van der Waals surface area contributed by atoms with Crippen molar-refractivity contribution in [2.45, 2.75) is 11.8 Å². The van der Waals surface area contributed by atoms with E-state index < -0.39 is 0 Å². The van der Waals surface area contributed by atoms with Crippen molar-refractivity contribution in [3.63, 3.8) is 0 Å². The largest absolute Gasteiger partial charge is 0.0980 e. The van der Waals surface area contributed by atoms with Gasteiger partial charge in [0.2, 0.25) is 0 Å². The van der Waals surface area contributed by atoms with E-state index in [1.165, 1.54) is 27.8 Å². The van der Waals surface area contributed by atoms with E-state index in [1.807, 2.05) is 0 Å². The van der Waals surface area contributed by atoms with Crippen LogP contribution in [-0.2, 0) is 5.41 Å². The zero-order chi connectivity index (χ0) is 16.4. The van der Waals surface area contributed by atoms with Crippen LogP contribution in [0.25, 0.3) is 5.57 Å². The normalized spacial score (nSPS) is 16.0. The molecule has 0 aliphatic heterocycles. The molecular formula is C24H20. The average Bonchev–Trinajstić information content (AvgIpc) is 3.02. The van der Waals surface area contributed by atoms with Crippen LogP contribution >= 0.6 is 0 Å². The molecule has 24 heavy (non-hydrogen) atoms. The minimum Gasteiger partial charge on any atom is -0.0980 e. The van der Waals surface area contributed by atoms with E-state index in [0.717, 1.165) is 6.42 Å². The zero-order valence-electron chi connectivity index (χ0n) is 13.7. The molecule has 0 heterocycles. The summed E-state index contributed by atoms with van der Waals surface area (Å²) in [5.41, 5.74) is 6.14. The summed E-state index contributed by atoms with van der Waals surface area (Å²) in [7, 11) is 0. The van der Waals surface area contributed by atoms with Crippen LogP contribution in [0.15, 0.2) is 109 Å². The van der Waals surface area contributed by atoms with Crippen LogP contribution in [0.4, 0.5) is 0 Å². The van der Waals surface area contributed by atoms with Gasteiger partial charge in [-0.15, -0.1) is 0 Å². The first-order chi connectivity index (χ1) is 11.8. The molecule has 1 aliphatic carbocycles. The molecule has 0 heteroatoms. The van der Waals surface area contributed by atoms with E-state index >= 15 is 0 Å². The fraction of sp³-hybridized carbons (Fsp3) is 0.0833. The Balaban J connectivity index is 2.02. The second-order valence-electron chi connectivity index (χ2n) is 6.27. The van der Waals surface area contributed by atoms with E-state index in [2.05, 4.69) is 104 Å². The molecule has 3 aromatic rings. The summed E-state index contributed by atoms with van der Waals surface area (Å²) in [5, 5.41) is 0. The van der Waals surface area contributed by atoms with Crippen LogP contribution < -0.4 is 0 Å². The fourth-order valence-corrected chi connectivity index (χ4v) is 3.94. The molecule has 0 N–H and O–H groups in total. The van der Waals surface area contributed by atoms with Gasteiger partial charge in [0, 0.05) is 0 Å². The van der Waals surface area contributed by atoms with Crippen LogP contribution in [-0.4, -0.2) is 0 Å². The number of rotatable bonds is 3. The fourth-order valence-electron chi connectivity index (χ4n) is 3.94. The standard InChI is InChI=1S/C24H20/c1-19-17-18-23(20-11-5-2-6-12-20)24(19,21-13-7-3-8-14-21)22-15-9-4-10-16-22/h2-16,18H,1,17H2. The van der Waals surface area contributed by atoms with Crippen molar-refractivity contribution in [3.8, 4) is 0 Å². The summed E-state index contributed by atoms with van der Waals surface area (Å²) in [6.07, 6.45) is 3.26. The molecule has 0 bridgehead atoms. The van der Waals surface area contributed by atoms with Gasteiger partial charge in [-0.25, -0.2) is 0 Å². The van der Waals surface area contributed by atoms with E-state index in [1.54, 1.807) is 0 Å². The van der Waals surface area contributed by atoms with Crippen molar-refractivity contribution in [3.05, 3.63) is 126 Å². The lowest BCUT2D eigenvalue weighted by atomic mass is 9.66. The maximum atomic E-state index is 4.48. The predicted octanol–water partition coefficient (Wildman–Crippen LogP) is 6.02. The quantitative estimate of drug-likeness (QED) is 0.519. The summed E-state index contributed by atoms with van der Waals surface area (Å²) in [5.74, 6) is 0. The first-order valence-electron chi connectivity index (χ1n) is 8.39. The molecule has 4 rings (SSSR count). The van der Waals surface area contributed by atoms with Crippen molar-refractivity contribution in [1.29, 1.82) is 0 Å². The Morgan fingerprint density at radius 1 is 0.625 bits per heavy atom. The summed E-state index contributed by atoms with van der Waals surface area (Å²) in [6.45, 7) is 4.48. The molecule has 0 aromatic heterocycles. The van der Waals surface area contributed by atoms with Gasteiger partial charge in [0.1, 0.15) is 0 Å². The van der Waals surface area contributed by atoms with Gasteiger partial charge >= 0.3 is 0 Å². The molecule has 0 radical (unpaired) electrons. The second-order valence-corrected chi connectivity index (χ2v) is 6.27. The maximum absolute atomic E-state index is 4.48. The molecule has 0 unspecified atom stereocenters. The Hall–Kier alpha value is -2.86. The highest BCUT2D eigenvalue weighted by Gasteiger charge is 2.43. The minimum absolute atomic E-state index is 0.274. The van der Waals surface area contributed by atoms with Crippen LogP contribution in [0, 0.1) is 0 Å². The molecule has 0 saturated heterocycles. The minimum atomic E-state index is -0.274. The van der Waals surface area contributed by atoms with Gasteiger partial charge in [0.25, 0.3) is 0 Å². The first kappa shape index (κ1) is 14.7. The Labute approximate surface area is 143 Å². The average molecular weight is 308 g/mol. The van der Waals surface area contributed by atoms with Crippen LogP contribution in [0.1, 0.15) is 23.1 Å². The maximum Gasteiger partial charge on any atom is 0.0664 e. The van der Waals surface area contributed by atoms with Gasteiger partial charge in [-0.3, -0.25) is 0 Å². The van der Waals surface area contributed by atoms with E-state index in [4.69, 9.17) is 0 Å². The van der Waals surface area contributed by atoms with Gasteiger partial charge in [-0.05, 0) is 28.7 Å². The molecule has 0 saturated carbocycles. The van der Waals surface area contributed by atoms with Crippen LogP contribution in [0.2, 0.25) is 0 Å². The Bertz CT molecular complexity index is 832. The van der Waals surface area contributed by atoms with E-state index in [0.29, 0.717) is 0 Å². The lowest BCUT2D eigenvalue weighted by molar-refractivity contribution is 0.792. The van der Waals surface area contributed by atoms with Crippen molar-refractivity contribution in [2.75, 3.05) is 0 Å². The summed E-state index contributed by atoms with van der Waals surface area (Å²) in [6, 6.07) is 32.2. The third-order valence-electron chi connectivity index (χ3n) is 4.99. The Morgan fingerprint density at radius 3 is 1.58 bits per heavy atom. The number of benzene rings is 3. The third kappa shape index (κ3) is 2.15. The van der Waals surface area contributed by atoms with Crippen molar-refractivity contribution in [2.24, 2.45) is 0 Å². The lowest BCUT2D eigenvalue weighted by Crippen LogP contribution is -2.28. The summed E-state index contributed by atoms with van der Waals surface area (Å²) in [4.78, 5) is 0. The molecule has 0 amide bonds. The Kier molecular flexibility index (Phi) is 3.66. The van der Waals surface area contributed by atoms with Gasteiger partial charge in [0.15, 0.2) is 0 Å². The highest BCUT2D eigenvalue weighted by molar-refractivity contribution is 5.86. The van der Waals surface area contributed by atoms with Crippen LogP contribution in [0.5, 0.6) is 0 Å². The van der Waals surface area contributed by atoms with Crippen molar-refractivity contribution >= 4 is 5.57 Å². The number of allylic oxidation sites excluding steroid dienone is 3. The summed E-state index contributed by atoms with van der Waals surface area (Å²) >= 11 is 0. The van der Waals surface area contributed by atoms with Gasteiger partial charge < -0.3 is 0 Å². The molecule has 0 spiro atoms. The molecule has 116 valence electrons. The smallest absolute Gasteiger partial charge is 0.0664 e. The Morgan fingerprint density at radius 2 is 1.08 bits per heavy atom. The molecule has 0 atom stereocenters. The van der Waals surface area contributed by atoms with Crippen molar-refractivity contribution in [1.82, 2.24) is 0 Å². The lowest BCUT2D eigenvalue weighted by Gasteiger charge is -2.36. The molecular weight excluding hydrogens is 288 g/mol. The first-order valence-corrected chi connectivity index (χ1v) is 8.39. The monoisotopic (exact) mass is 308 g/mol. The molecule has 0 nitrogen and oxygen atoms in total. The highest BCUT2D eigenvalue weighted by Crippen LogP contribution is 2.53. The topological polar surface area (TPSA) is 0 Å². The SMILES string of the molecule is C=C1CC=C(c2ccccc2)C1(c1ccccc1)c1ccccc1. The van der Waals surface area contributed by atoms with Crippen molar-refractivity contribution < 1.29 is 0 Å². The third-order valence-corrected chi connectivity index (χ3v) is 4.99. The van der Waals surface area contributed by atoms with Gasteiger partial charge in [-0.1, -0.05) is 109 Å². The van der Waals surface area contributed by atoms with E-state index in [9.17, 15) is 0 Å². The van der Waals surface area contributed by atoms with Crippen LogP contribution in [0.3, 0.4) is 0 Å². The number of hydrogen-bond donors (Lipinski definition) is 0. The molecule has 1 aliphatic rings. The summed E-state index contributed by atoms with van der Waals surface area (Å²) < 4.78 is 0. The van der Waals surface area contributed by atoms with Gasteiger partial charge in [-0.2, -0.15) is 0 Å². The highest BCUT2D eigenvalue weighted by atomic mass is 14.4. The zero-order valence-corrected chi connectivity index (χ0v) is 13.7. The molecule has 0 fully saturated rings. The van der Waals surface area contributed by atoms with Gasteiger partial charge in [0.05, 0.1) is 5.41 Å². The second kappa shape index (κ2) is 5.98. The molecule has 3 aromatic carbocycles. The number of hydrogen-bond acceptors (Lipinski definition) is 0.